The number of carbonyl (C=O) groups is 2. The highest BCUT2D eigenvalue weighted by Crippen LogP contribution is 2.40. The van der Waals surface area contributed by atoms with Gasteiger partial charge in [-0.25, -0.2) is 4.79 Å². The van der Waals surface area contributed by atoms with Crippen molar-refractivity contribution in [1.29, 1.82) is 0 Å². The Morgan fingerprint density at radius 2 is 2.25 bits per heavy atom. The van der Waals surface area contributed by atoms with Crippen LogP contribution < -0.4 is 5.32 Å². The van der Waals surface area contributed by atoms with Gasteiger partial charge in [-0.15, -0.1) is 23.1 Å². The van der Waals surface area contributed by atoms with Gasteiger partial charge >= 0.3 is 5.97 Å². The van der Waals surface area contributed by atoms with E-state index in [1.807, 2.05) is 11.4 Å². The van der Waals surface area contributed by atoms with Crippen LogP contribution in [0.4, 0.5) is 0 Å². The standard InChI is InChI=1S/C14H17NO3S2/c16-13(15-10(14(17)18)7-8-1-2-8)12-9-3-5-19-11(9)4-6-20-12/h3,5,8,10,12H,1-2,4,6-7H2,(H,15,16)(H,17,18). The van der Waals surface area contributed by atoms with Crippen LogP contribution in [0.15, 0.2) is 11.4 Å². The van der Waals surface area contributed by atoms with E-state index in [4.69, 9.17) is 0 Å². The van der Waals surface area contributed by atoms with Gasteiger partial charge in [0.1, 0.15) is 11.3 Å². The molecule has 2 aliphatic rings. The predicted octanol–water partition coefficient (Wildman–Crippen LogP) is 2.45. The second-order valence-corrected chi connectivity index (χ2v) is 7.59. The first kappa shape index (κ1) is 13.9. The lowest BCUT2D eigenvalue weighted by molar-refractivity contribution is -0.142. The molecule has 1 aliphatic heterocycles. The zero-order valence-corrected chi connectivity index (χ0v) is 12.6. The summed E-state index contributed by atoms with van der Waals surface area (Å²) in [4.78, 5) is 24.9. The lowest BCUT2D eigenvalue weighted by Crippen LogP contribution is -2.43. The van der Waals surface area contributed by atoms with E-state index in [2.05, 4.69) is 5.32 Å². The van der Waals surface area contributed by atoms with E-state index in [1.165, 1.54) is 4.88 Å². The molecule has 2 unspecified atom stereocenters. The Morgan fingerprint density at radius 3 is 2.95 bits per heavy atom. The zero-order valence-electron chi connectivity index (χ0n) is 11.0. The maximum absolute atomic E-state index is 12.4. The summed E-state index contributed by atoms with van der Waals surface area (Å²) in [6.45, 7) is 0. The summed E-state index contributed by atoms with van der Waals surface area (Å²) in [6.07, 6.45) is 3.75. The topological polar surface area (TPSA) is 66.4 Å². The van der Waals surface area contributed by atoms with Crippen LogP contribution in [0.2, 0.25) is 0 Å². The third-order valence-electron chi connectivity index (χ3n) is 3.79. The molecule has 0 aromatic carbocycles. The molecule has 2 atom stereocenters. The lowest BCUT2D eigenvalue weighted by Gasteiger charge is -2.23. The van der Waals surface area contributed by atoms with Crippen molar-refractivity contribution in [3.05, 3.63) is 21.9 Å². The van der Waals surface area contributed by atoms with Crippen molar-refractivity contribution < 1.29 is 14.7 Å². The molecule has 0 bridgehead atoms. The molecule has 108 valence electrons. The van der Waals surface area contributed by atoms with Gasteiger partial charge in [-0.05, 0) is 41.5 Å². The number of carbonyl (C=O) groups excluding carboxylic acids is 1. The molecule has 1 amide bonds. The Labute approximate surface area is 125 Å². The summed E-state index contributed by atoms with van der Waals surface area (Å²) in [7, 11) is 0. The van der Waals surface area contributed by atoms with Gasteiger partial charge in [0.15, 0.2) is 0 Å². The average Bonchev–Trinajstić information content (AvgIpc) is 3.11. The minimum atomic E-state index is -0.920. The van der Waals surface area contributed by atoms with Crippen molar-refractivity contribution in [3.8, 4) is 0 Å². The van der Waals surface area contributed by atoms with E-state index in [1.54, 1.807) is 23.1 Å². The molecule has 0 radical (unpaired) electrons. The Kier molecular flexibility index (Phi) is 4.03. The van der Waals surface area contributed by atoms with Crippen LogP contribution in [-0.2, 0) is 16.0 Å². The first-order chi connectivity index (χ1) is 9.65. The summed E-state index contributed by atoms with van der Waals surface area (Å²) < 4.78 is 0. The number of rotatable bonds is 5. The molecule has 6 heteroatoms. The highest BCUT2D eigenvalue weighted by molar-refractivity contribution is 8.00. The van der Waals surface area contributed by atoms with Crippen LogP contribution in [0, 0.1) is 5.92 Å². The number of fused-ring (bicyclic) bond motifs is 1. The number of hydrogen-bond acceptors (Lipinski definition) is 4. The summed E-state index contributed by atoms with van der Waals surface area (Å²) in [6, 6.07) is 1.26. The van der Waals surface area contributed by atoms with Crippen molar-refractivity contribution >= 4 is 35.0 Å². The van der Waals surface area contributed by atoms with Gasteiger partial charge in [-0.2, -0.15) is 0 Å². The molecule has 3 rings (SSSR count). The summed E-state index contributed by atoms with van der Waals surface area (Å²) >= 11 is 3.29. The molecule has 1 saturated carbocycles. The van der Waals surface area contributed by atoms with Crippen molar-refractivity contribution in [2.45, 2.75) is 37.0 Å². The maximum Gasteiger partial charge on any atom is 0.326 e. The van der Waals surface area contributed by atoms with Crippen LogP contribution >= 0.6 is 23.1 Å². The Morgan fingerprint density at radius 1 is 1.45 bits per heavy atom. The predicted molar refractivity (Wildman–Crippen MR) is 80.1 cm³/mol. The maximum atomic E-state index is 12.4. The molecule has 20 heavy (non-hydrogen) atoms. The number of amides is 1. The van der Waals surface area contributed by atoms with E-state index >= 15 is 0 Å². The second-order valence-electron chi connectivity index (χ2n) is 5.38. The highest BCUT2D eigenvalue weighted by Gasteiger charge is 2.34. The number of nitrogens with one attached hydrogen (secondary N) is 1. The first-order valence-electron chi connectivity index (χ1n) is 6.86. The van der Waals surface area contributed by atoms with Gasteiger partial charge in [0.05, 0.1) is 0 Å². The third-order valence-corrected chi connectivity index (χ3v) is 6.03. The average molecular weight is 311 g/mol. The molecule has 0 saturated heterocycles. The van der Waals surface area contributed by atoms with Gasteiger partial charge < -0.3 is 10.4 Å². The number of thioether (sulfide) groups is 1. The second kappa shape index (κ2) is 5.77. The zero-order chi connectivity index (χ0) is 14.1. The van der Waals surface area contributed by atoms with Crippen LogP contribution in [0.3, 0.4) is 0 Å². The number of thiophene rings is 1. The fourth-order valence-electron chi connectivity index (χ4n) is 2.52. The summed E-state index contributed by atoms with van der Waals surface area (Å²) in [5.41, 5.74) is 1.07. The summed E-state index contributed by atoms with van der Waals surface area (Å²) in [5.74, 6) is 0.331. The Balaban J connectivity index is 1.68. The minimum absolute atomic E-state index is 0.151. The van der Waals surface area contributed by atoms with Crippen molar-refractivity contribution in [2.24, 2.45) is 5.92 Å². The van der Waals surface area contributed by atoms with Crippen LogP contribution in [-0.4, -0.2) is 28.8 Å². The van der Waals surface area contributed by atoms with Crippen molar-refractivity contribution in [3.63, 3.8) is 0 Å². The molecule has 1 aromatic heterocycles. The normalized spacial score (nSPS) is 22.9. The van der Waals surface area contributed by atoms with Gasteiger partial charge in [0.2, 0.25) is 5.91 Å². The van der Waals surface area contributed by atoms with Crippen LogP contribution in [0.5, 0.6) is 0 Å². The van der Waals surface area contributed by atoms with E-state index < -0.39 is 12.0 Å². The van der Waals surface area contributed by atoms with Gasteiger partial charge in [0, 0.05) is 4.88 Å². The highest BCUT2D eigenvalue weighted by atomic mass is 32.2. The Hall–Kier alpha value is -1.01. The van der Waals surface area contributed by atoms with Crippen LogP contribution in [0.25, 0.3) is 0 Å². The molecule has 4 nitrogen and oxygen atoms in total. The smallest absolute Gasteiger partial charge is 0.326 e. The fraction of sp³-hybridized carbons (Fsp3) is 0.571. The van der Waals surface area contributed by atoms with E-state index in [0.29, 0.717) is 12.3 Å². The Bertz CT molecular complexity index is 524. The third kappa shape index (κ3) is 3.01. The van der Waals surface area contributed by atoms with E-state index in [-0.39, 0.29) is 11.2 Å². The summed E-state index contributed by atoms with van der Waals surface area (Å²) in [5, 5.41) is 13.7. The first-order valence-corrected chi connectivity index (χ1v) is 8.79. The van der Waals surface area contributed by atoms with Crippen molar-refractivity contribution in [2.75, 3.05) is 5.75 Å². The molecule has 0 spiro atoms. The van der Waals surface area contributed by atoms with Crippen LogP contribution in [0.1, 0.15) is 35.0 Å². The van der Waals surface area contributed by atoms with Gasteiger partial charge in [-0.3, -0.25) is 4.79 Å². The number of carboxylic acids is 1. The molecule has 2 heterocycles. The molecule has 1 aromatic rings. The minimum Gasteiger partial charge on any atom is -0.480 e. The molecular formula is C14H17NO3S2. The molecular weight excluding hydrogens is 294 g/mol. The SMILES string of the molecule is O=C(O)C(CC1CC1)NC(=O)C1SCCc2sccc21. The number of aliphatic carboxylic acids is 1. The van der Waals surface area contributed by atoms with Gasteiger partial charge in [0.25, 0.3) is 0 Å². The molecule has 2 N–H and O–H groups in total. The number of aryl methyl sites for hydroxylation is 1. The van der Waals surface area contributed by atoms with Crippen molar-refractivity contribution in [1.82, 2.24) is 5.32 Å². The lowest BCUT2D eigenvalue weighted by atomic mass is 10.1. The fourth-order valence-corrected chi connectivity index (χ4v) is 4.82. The monoisotopic (exact) mass is 311 g/mol. The largest absolute Gasteiger partial charge is 0.480 e. The molecule has 1 fully saturated rings. The number of hydrogen-bond donors (Lipinski definition) is 2. The van der Waals surface area contributed by atoms with Gasteiger partial charge in [-0.1, -0.05) is 12.8 Å². The molecule has 1 aliphatic carbocycles. The number of carboxylic acid groups (broad SMARTS) is 1. The van der Waals surface area contributed by atoms with E-state index in [0.717, 1.165) is 30.6 Å². The quantitative estimate of drug-likeness (QED) is 0.876. The van der Waals surface area contributed by atoms with E-state index in [9.17, 15) is 14.7 Å².